The summed E-state index contributed by atoms with van der Waals surface area (Å²) in [5.41, 5.74) is 2.75. The molecule has 140 valence electrons. The van der Waals surface area contributed by atoms with Crippen molar-refractivity contribution in [3.05, 3.63) is 54.1 Å². The number of H-pyrrole nitrogens is 1. The first kappa shape index (κ1) is 17.5. The molecule has 1 saturated heterocycles. The zero-order chi connectivity index (χ0) is 18.6. The Bertz CT molecular complexity index is 927. The monoisotopic (exact) mass is 363 g/mol. The lowest BCUT2D eigenvalue weighted by molar-refractivity contribution is 0.0949. The largest absolute Gasteiger partial charge is 0.361 e. The van der Waals surface area contributed by atoms with Gasteiger partial charge in [-0.3, -0.25) is 4.79 Å². The van der Waals surface area contributed by atoms with E-state index in [9.17, 15) is 4.79 Å². The van der Waals surface area contributed by atoms with Crippen LogP contribution in [0.25, 0.3) is 10.9 Å². The molecule has 3 aromatic rings. The third-order valence-corrected chi connectivity index (χ3v) is 5.35. The Labute approximate surface area is 159 Å². The smallest absolute Gasteiger partial charge is 0.270 e. The number of hydrogen-bond donors (Lipinski definition) is 2. The summed E-state index contributed by atoms with van der Waals surface area (Å²) in [6, 6.07) is 10.00. The summed E-state index contributed by atoms with van der Waals surface area (Å²) in [5, 5.41) is 4.18. The number of nitrogens with zero attached hydrogens (tertiary/aromatic N) is 3. The van der Waals surface area contributed by atoms with Crippen molar-refractivity contribution >= 4 is 22.6 Å². The van der Waals surface area contributed by atoms with E-state index in [-0.39, 0.29) is 5.91 Å². The third kappa shape index (κ3) is 3.94. The molecule has 0 bridgehead atoms. The van der Waals surface area contributed by atoms with E-state index in [0.29, 0.717) is 12.2 Å². The van der Waals surface area contributed by atoms with Gasteiger partial charge in [-0.15, -0.1) is 0 Å². The average Bonchev–Trinajstić information content (AvgIpc) is 3.12. The zero-order valence-electron chi connectivity index (χ0n) is 15.6. The SMILES string of the molecule is CC1CCN(c2cc(C(=O)NCCc3c[nH]c4ccccc34)ncn2)CC1. The number of aromatic nitrogens is 3. The number of rotatable bonds is 5. The number of hydrogen-bond acceptors (Lipinski definition) is 4. The predicted octanol–water partition coefficient (Wildman–Crippen LogP) is 3.17. The second-order valence-electron chi connectivity index (χ2n) is 7.30. The highest BCUT2D eigenvalue weighted by Crippen LogP contribution is 2.21. The van der Waals surface area contributed by atoms with E-state index < -0.39 is 0 Å². The lowest BCUT2D eigenvalue weighted by Crippen LogP contribution is -2.34. The van der Waals surface area contributed by atoms with Gasteiger partial charge in [-0.05, 0) is 36.8 Å². The molecule has 1 aliphatic rings. The Kier molecular flexibility index (Phi) is 5.05. The molecule has 1 amide bonds. The third-order valence-electron chi connectivity index (χ3n) is 5.35. The van der Waals surface area contributed by atoms with E-state index in [1.165, 1.54) is 17.3 Å². The minimum Gasteiger partial charge on any atom is -0.361 e. The molecule has 1 aromatic carbocycles. The quantitative estimate of drug-likeness (QED) is 0.730. The molecule has 6 nitrogen and oxygen atoms in total. The molecule has 0 saturated carbocycles. The number of anilines is 1. The van der Waals surface area contributed by atoms with Crippen LogP contribution < -0.4 is 10.2 Å². The summed E-state index contributed by atoms with van der Waals surface area (Å²) >= 11 is 0. The van der Waals surface area contributed by atoms with E-state index in [1.54, 1.807) is 6.07 Å². The normalized spacial score (nSPS) is 15.2. The standard InChI is InChI=1S/C21H25N5O/c1-15-7-10-26(11-8-15)20-12-19(24-14-25-20)21(27)22-9-6-16-13-23-18-5-3-2-4-17(16)18/h2-5,12-15,23H,6-11H2,1H3,(H,22,27). The summed E-state index contributed by atoms with van der Waals surface area (Å²) in [4.78, 5) is 26.5. The molecule has 0 unspecified atom stereocenters. The Balaban J connectivity index is 1.36. The van der Waals surface area contributed by atoms with E-state index in [0.717, 1.165) is 49.6 Å². The second kappa shape index (κ2) is 7.78. The van der Waals surface area contributed by atoms with Gasteiger partial charge >= 0.3 is 0 Å². The van der Waals surface area contributed by atoms with Gasteiger partial charge in [-0.25, -0.2) is 9.97 Å². The molecule has 2 N–H and O–H groups in total. The fourth-order valence-electron chi connectivity index (χ4n) is 3.62. The Hall–Kier alpha value is -2.89. The summed E-state index contributed by atoms with van der Waals surface area (Å²) < 4.78 is 0. The maximum atomic E-state index is 12.5. The molecule has 27 heavy (non-hydrogen) atoms. The number of amides is 1. The highest BCUT2D eigenvalue weighted by atomic mass is 16.1. The van der Waals surface area contributed by atoms with Crippen molar-refractivity contribution in [2.24, 2.45) is 5.92 Å². The van der Waals surface area contributed by atoms with Crippen LogP contribution in [-0.2, 0) is 6.42 Å². The van der Waals surface area contributed by atoms with Gasteiger partial charge in [0.25, 0.3) is 5.91 Å². The second-order valence-corrected chi connectivity index (χ2v) is 7.30. The van der Waals surface area contributed by atoms with Crippen LogP contribution in [0.15, 0.2) is 42.9 Å². The number of nitrogens with one attached hydrogen (secondary N) is 2. The highest BCUT2D eigenvalue weighted by Gasteiger charge is 2.18. The maximum Gasteiger partial charge on any atom is 0.270 e. The number of piperidine rings is 1. The topological polar surface area (TPSA) is 73.9 Å². The van der Waals surface area contributed by atoms with Crippen molar-refractivity contribution in [2.75, 3.05) is 24.5 Å². The number of carbonyl (C=O) groups excluding carboxylic acids is 1. The van der Waals surface area contributed by atoms with Gasteiger partial charge in [0.15, 0.2) is 0 Å². The summed E-state index contributed by atoms with van der Waals surface area (Å²) in [6.07, 6.45) is 6.60. The van der Waals surface area contributed by atoms with Crippen molar-refractivity contribution in [3.63, 3.8) is 0 Å². The molecule has 4 rings (SSSR count). The van der Waals surface area contributed by atoms with Crippen molar-refractivity contribution in [1.29, 1.82) is 0 Å². The van der Waals surface area contributed by atoms with Crippen molar-refractivity contribution in [2.45, 2.75) is 26.2 Å². The van der Waals surface area contributed by atoms with E-state index in [2.05, 4.69) is 44.2 Å². The number of para-hydroxylation sites is 1. The van der Waals surface area contributed by atoms with Crippen LogP contribution in [0.1, 0.15) is 35.8 Å². The summed E-state index contributed by atoms with van der Waals surface area (Å²) in [7, 11) is 0. The van der Waals surface area contributed by atoms with Crippen LogP contribution in [0, 0.1) is 5.92 Å². The molecule has 0 atom stereocenters. The van der Waals surface area contributed by atoms with Gasteiger partial charge in [-0.2, -0.15) is 0 Å². The van der Waals surface area contributed by atoms with Gasteiger partial charge in [0, 0.05) is 42.8 Å². The van der Waals surface area contributed by atoms with Gasteiger partial charge < -0.3 is 15.2 Å². The van der Waals surface area contributed by atoms with E-state index in [4.69, 9.17) is 0 Å². The van der Waals surface area contributed by atoms with Crippen LogP contribution in [0.3, 0.4) is 0 Å². The van der Waals surface area contributed by atoms with Crippen LogP contribution in [-0.4, -0.2) is 40.5 Å². The molecule has 1 fully saturated rings. The Morgan fingerprint density at radius 2 is 2.07 bits per heavy atom. The molecule has 6 heteroatoms. The molecule has 1 aliphatic heterocycles. The van der Waals surface area contributed by atoms with Gasteiger partial charge in [-0.1, -0.05) is 25.1 Å². The van der Waals surface area contributed by atoms with Gasteiger partial charge in [0.1, 0.15) is 17.8 Å². The lowest BCUT2D eigenvalue weighted by Gasteiger charge is -2.31. The number of benzene rings is 1. The number of carbonyl (C=O) groups is 1. The Morgan fingerprint density at radius 1 is 1.26 bits per heavy atom. The molecule has 2 aromatic heterocycles. The van der Waals surface area contributed by atoms with Gasteiger partial charge in [0.2, 0.25) is 0 Å². The first-order chi connectivity index (χ1) is 13.2. The molecular weight excluding hydrogens is 338 g/mol. The lowest BCUT2D eigenvalue weighted by atomic mass is 9.99. The van der Waals surface area contributed by atoms with Gasteiger partial charge in [0.05, 0.1) is 0 Å². The van der Waals surface area contributed by atoms with Crippen molar-refractivity contribution in [3.8, 4) is 0 Å². The molecule has 0 aliphatic carbocycles. The zero-order valence-corrected chi connectivity index (χ0v) is 15.6. The van der Waals surface area contributed by atoms with Crippen molar-refractivity contribution < 1.29 is 4.79 Å². The predicted molar refractivity (Wildman–Crippen MR) is 107 cm³/mol. The van der Waals surface area contributed by atoms with Crippen LogP contribution >= 0.6 is 0 Å². The fraction of sp³-hybridized carbons (Fsp3) is 0.381. The minimum atomic E-state index is -0.149. The summed E-state index contributed by atoms with van der Waals surface area (Å²) in [6.45, 7) is 4.82. The van der Waals surface area contributed by atoms with Crippen LogP contribution in [0.2, 0.25) is 0 Å². The van der Waals surface area contributed by atoms with E-state index in [1.807, 2.05) is 18.3 Å². The first-order valence-electron chi connectivity index (χ1n) is 9.61. The van der Waals surface area contributed by atoms with Crippen LogP contribution in [0.5, 0.6) is 0 Å². The highest BCUT2D eigenvalue weighted by molar-refractivity contribution is 5.93. The maximum absolute atomic E-state index is 12.5. The number of aromatic amines is 1. The number of fused-ring (bicyclic) bond motifs is 1. The van der Waals surface area contributed by atoms with Crippen LogP contribution in [0.4, 0.5) is 5.82 Å². The molecule has 0 radical (unpaired) electrons. The summed E-state index contributed by atoms with van der Waals surface area (Å²) in [5.74, 6) is 1.46. The first-order valence-corrected chi connectivity index (χ1v) is 9.61. The van der Waals surface area contributed by atoms with E-state index >= 15 is 0 Å². The minimum absolute atomic E-state index is 0.149. The average molecular weight is 363 g/mol. The van der Waals surface area contributed by atoms with Crippen molar-refractivity contribution in [1.82, 2.24) is 20.3 Å². The Morgan fingerprint density at radius 3 is 2.93 bits per heavy atom. The fourth-order valence-corrected chi connectivity index (χ4v) is 3.62. The molecule has 3 heterocycles. The molecular formula is C21H25N5O. The molecule has 0 spiro atoms.